The van der Waals surface area contributed by atoms with Crippen LogP contribution >= 0.6 is 0 Å². The average molecular weight is 272 g/mol. The van der Waals surface area contributed by atoms with Crippen LogP contribution in [0.3, 0.4) is 0 Å². The van der Waals surface area contributed by atoms with Gasteiger partial charge in [-0.05, 0) is 18.6 Å². The molecule has 0 aliphatic heterocycles. The molecular formula is C11H16N2O4S. The zero-order chi connectivity index (χ0) is 13.9. The van der Waals surface area contributed by atoms with E-state index in [-0.39, 0.29) is 17.0 Å². The number of hydrogen-bond donors (Lipinski definition) is 2. The summed E-state index contributed by atoms with van der Waals surface area (Å²) >= 11 is 0. The number of anilines is 1. The van der Waals surface area contributed by atoms with Crippen LogP contribution in [0.2, 0.25) is 0 Å². The molecule has 1 rings (SSSR count). The second kappa shape index (κ2) is 5.26. The molecule has 100 valence electrons. The van der Waals surface area contributed by atoms with Crippen molar-refractivity contribution in [1.82, 2.24) is 0 Å². The normalized spacial score (nSPS) is 13.0. The Morgan fingerprint density at radius 1 is 1.44 bits per heavy atom. The molecule has 0 bridgehead atoms. The summed E-state index contributed by atoms with van der Waals surface area (Å²) in [6, 6.07) is 4.25. The molecule has 0 saturated heterocycles. The Morgan fingerprint density at radius 3 is 2.50 bits per heavy atom. The van der Waals surface area contributed by atoms with Crippen LogP contribution in [0.5, 0.6) is 5.75 Å². The summed E-state index contributed by atoms with van der Waals surface area (Å²) in [6.07, 6.45) is 0.0916. The van der Waals surface area contributed by atoms with Gasteiger partial charge in [0.05, 0.1) is 17.7 Å². The number of carbonyl (C=O) groups excluding carboxylic acids is 1. The Balaban J connectivity index is 3.40. The smallest absolute Gasteiger partial charge is 0.236 e. The molecule has 1 aromatic carbocycles. The number of nitrogen functional groups attached to an aromatic ring is 1. The molecule has 0 radical (unpaired) electrons. The molecule has 0 aromatic heterocycles. The number of rotatable bonds is 5. The first-order chi connectivity index (χ1) is 8.34. The van der Waals surface area contributed by atoms with Crippen LogP contribution in [0.4, 0.5) is 5.69 Å². The van der Waals surface area contributed by atoms with Crippen LogP contribution in [0.1, 0.15) is 13.3 Å². The lowest BCUT2D eigenvalue weighted by molar-refractivity contribution is -0.117. The van der Waals surface area contributed by atoms with E-state index < -0.39 is 21.0 Å². The third kappa shape index (κ3) is 2.56. The fraction of sp³-hybridized carbons (Fsp3) is 0.364. The van der Waals surface area contributed by atoms with Crippen molar-refractivity contribution in [3.63, 3.8) is 0 Å². The third-order valence-corrected chi connectivity index (χ3v) is 4.87. The lowest BCUT2D eigenvalue weighted by Gasteiger charge is -2.14. The quantitative estimate of drug-likeness (QED) is 0.749. The largest absolute Gasteiger partial charge is 0.497 e. The summed E-state index contributed by atoms with van der Waals surface area (Å²) in [5.41, 5.74) is 10.8. The van der Waals surface area contributed by atoms with Gasteiger partial charge in [0.15, 0.2) is 9.84 Å². The van der Waals surface area contributed by atoms with Gasteiger partial charge in [-0.3, -0.25) is 4.79 Å². The Labute approximate surface area is 106 Å². The maximum absolute atomic E-state index is 12.3. The minimum atomic E-state index is -3.89. The number of methoxy groups -OCH3 is 1. The van der Waals surface area contributed by atoms with Crippen molar-refractivity contribution in [3.8, 4) is 5.75 Å². The predicted octanol–water partition coefficient (Wildman–Crippen LogP) is 0.315. The summed E-state index contributed by atoms with van der Waals surface area (Å²) in [5, 5.41) is -1.29. The zero-order valence-corrected chi connectivity index (χ0v) is 11.0. The SMILES string of the molecule is CCC(C(N)=O)S(=O)(=O)c1cc(OC)ccc1N. The lowest BCUT2D eigenvalue weighted by atomic mass is 10.3. The molecular weight excluding hydrogens is 256 g/mol. The highest BCUT2D eigenvalue weighted by atomic mass is 32.2. The van der Waals surface area contributed by atoms with Gasteiger partial charge in [0.1, 0.15) is 11.0 Å². The van der Waals surface area contributed by atoms with Gasteiger partial charge in [-0.25, -0.2) is 8.42 Å². The van der Waals surface area contributed by atoms with E-state index in [1.165, 1.54) is 19.2 Å². The van der Waals surface area contributed by atoms with E-state index in [9.17, 15) is 13.2 Å². The minimum Gasteiger partial charge on any atom is -0.497 e. The fourth-order valence-corrected chi connectivity index (χ4v) is 3.34. The monoisotopic (exact) mass is 272 g/mol. The van der Waals surface area contributed by atoms with Crippen LogP contribution in [0.15, 0.2) is 23.1 Å². The predicted molar refractivity (Wildman–Crippen MR) is 67.9 cm³/mol. The maximum atomic E-state index is 12.3. The lowest BCUT2D eigenvalue weighted by Crippen LogP contribution is -2.35. The van der Waals surface area contributed by atoms with E-state index in [4.69, 9.17) is 16.2 Å². The number of sulfone groups is 1. The van der Waals surface area contributed by atoms with Crippen LogP contribution in [-0.4, -0.2) is 26.7 Å². The van der Waals surface area contributed by atoms with Gasteiger partial charge in [0.25, 0.3) is 0 Å². The Hall–Kier alpha value is -1.76. The second-order valence-electron chi connectivity index (χ2n) is 3.75. The number of carbonyl (C=O) groups is 1. The van der Waals surface area contributed by atoms with Crippen molar-refractivity contribution in [2.45, 2.75) is 23.5 Å². The van der Waals surface area contributed by atoms with Crippen LogP contribution < -0.4 is 16.2 Å². The fourth-order valence-electron chi connectivity index (χ4n) is 1.61. The molecule has 0 spiro atoms. The van der Waals surface area contributed by atoms with E-state index >= 15 is 0 Å². The molecule has 0 saturated carbocycles. The van der Waals surface area contributed by atoms with Gasteiger partial charge in [0.2, 0.25) is 5.91 Å². The number of nitrogens with two attached hydrogens (primary N) is 2. The van der Waals surface area contributed by atoms with Crippen molar-refractivity contribution in [2.24, 2.45) is 5.73 Å². The molecule has 1 amide bonds. The number of ether oxygens (including phenoxy) is 1. The summed E-state index contributed by atoms with van der Waals surface area (Å²) < 4.78 is 29.5. The molecule has 1 unspecified atom stereocenters. The highest BCUT2D eigenvalue weighted by molar-refractivity contribution is 7.93. The molecule has 0 heterocycles. The molecule has 0 fully saturated rings. The van der Waals surface area contributed by atoms with Crippen LogP contribution in [0.25, 0.3) is 0 Å². The molecule has 1 atom stereocenters. The summed E-state index contributed by atoms with van der Waals surface area (Å²) in [4.78, 5) is 11.1. The first-order valence-electron chi connectivity index (χ1n) is 5.31. The standard InChI is InChI=1S/C11H16N2O4S/c1-3-9(11(13)14)18(15,16)10-6-7(17-2)4-5-8(10)12/h4-6,9H,3,12H2,1-2H3,(H2,13,14). The Bertz CT molecular complexity index is 554. The summed E-state index contributed by atoms with van der Waals surface area (Å²) in [7, 11) is -2.48. The van der Waals surface area contributed by atoms with Gasteiger partial charge < -0.3 is 16.2 Å². The first-order valence-corrected chi connectivity index (χ1v) is 6.86. The first kappa shape index (κ1) is 14.3. The van der Waals surface area contributed by atoms with E-state index in [0.717, 1.165) is 0 Å². The Kier molecular flexibility index (Phi) is 4.18. The number of amides is 1. The van der Waals surface area contributed by atoms with Crippen molar-refractivity contribution in [1.29, 1.82) is 0 Å². The molecule has 0 aliphatic rings. The van der Waals surface area contributed by atoms with E-state index in [2.05, 4.69) is 0 Å². The summed E-state index contributed by atoms with van der Waals surface area (Å²) in [6.45, 7) is 1.57. The number of benzene rings is 1. The molecule has 6 nitrogen and oxygen atoms in total. The van der Waals surface area contributed by atoms with Crippen LogP contribution in [0, 0.1) is 0 Å². The van der Waals surface area contributed by atoms with Gasteiger partial charge >= 0.3 is 0 Å². The van der Waals surface area contributed by atoms with Crippen molar-refractivity contribution in [3.05, 3.63) is 18.2 Å². The molecule has 1 aromatic rings. The van der Waals surface area contributed by atoms with E-state index in [1.54, 1.807) is 13.0 Å². The molecule has 7 heteroatoms. The van der Waals surface area contributed by atoms with Crippen LogP contribution in [-0.2, 0) is 14.6 Å². The second-order valence-corrected chi connectivity index (χ2v) is 5.85. The van der Waals surface area contributed by atoms with E-state index in [0.29, 0.717) is 5.75 Å². The molecule has 0 aliphatic carbocycles. The van der Waals surface area contributed by atoms with Crippen molar-refractivity contribution < 1.29 is 17.9 Å². The number of hydrogen-bond acceptors (Lipinski definition) is 5. The zero-order valence-electron chi connectivity index (χ0n) is 10.2. The van der Waals surface area contributed by atoms with Gasteiger partial charge in [0, 0.05) is 6.07 Å². The van der Waals surface area contributed by atoms with Crippen molar-refractivity contribution in [2.75, 3.05) is 12.8 Å². The van der Waals surface area contributed by atoms with Gasteiger partial charge in [-0.2, -0.15) is 0 Å². The van der Waals surface area contributed by atoms with Gasteiger partial charge in [-0.1, -0.05) is 6.92 Å². The van der Waals surface area contributed by atoms with Crippen molar-refractivity contribution >= 4 is 21.4 Å². The topological polar surface area (TPSA) is 112 Å². The minimum absolute atomic E-state index is 0.0653. The third-order valence-electron chi connectivity index (χ3n) is 2.59. The highest BCUT2D eigenvalue weighted by Crippen LogP contribution is 2.28. The summed E-state index contributed by atoms with van der Waals surface area (Å²) in [5.74, 6) is -0.540. The highest BCUT2D eigenvalue weighted by Gasteiger charge is 2.32. The number of primary amides is 1. The Morgan fingerprint density at radius 2 is 2.06 bits per heavy atom. The van der Waals surface area contributed by atoms with Gasteiger partial charge in [-0.15, -0.1) is 0 Å². The molecule has 18 heavy (non-hydrogen) atoms. The maximum Gasteiger partial charge on any atom is 0.236 e. The van der Waals surface area contributed by atoms with E-state index in [1.807, 2.05) is 0 Å². The molecule has 4 N–H and O–H groups in total. The average Bonchev–Trinajstić information content (AvgIpc) is 2.29.